The van der Waals surface area contributed by atoms with Gasteiger partial charge in [0.2, 0.25) is 17.5 Å². The Kier molecular flexibility index (Phi) is 10.1. The van der Waals surface area contributed by atoms with Gasteiger partial charge in [-0.3, -0.25) is 9.52 Å². The number of hydrogen-bond acceptors (Lipinski definition) is 10. The topological polar surface area (TPSA) is 155 Å². The van der Waals surface area contributed by atoms with Crippen LogP contribution in [0.1, 0.15) is 32.8 Å². The Morgan fingerprint density at radius 2 is 1.64 bits per heavy atom. The Bertz CT molecular complexity index is 1710. The Labute approximate surface area is 256 Å². The highest BCUT2D eigenvalue weighted by atomic mass is 32.2. The van der Waals surface area contributed by atoms with Gasteiger partial charge in [0.15, 0.2) is 23.1 Å². The zero-order valence-corrected chi connectivity index (χ0v) is 25.7. The van der Waals surface area contributed by atoms with Gasteiger partial charge in [-0.1, -0.05) is 51.1 Å². The fourth-order valence-electron chi connectivity index (χ4n) is 3.85. The van der Waals surface area contributed by atoms with E-state index in [0.29, 0.717) is 12.3 Å². The number of nitrogens with one attached hydrogen (secondary N) is 2. The second-order valence-electron chi connectivity index (χ2n) is 10.4. The Morgan fingerprint density at radius 1 is 0.955 bits per heavy atom. The van der Waals surface area contributed by atoms with Gasteiger partial charge >= 0.3 is 0 Å². The van der Waals surface area contributed by atoms with Crippen LogP contribution >= 0.6 is 0 Å². The van der Waals surface area contributed by atoms with Gasteiger partial charge in [-0.15, -0.1) is 6.58 Å². The summed E-state index contributed by atoms with van der Waals surface area (Å²) in [6, 6.07) is 14.9. The third-order valence-electron chi connectivity index (χ3n) is 6.15. The summed E-state index contributed by atoms with van der Waals surface area (Å²) in [5.41, 5.74) is 0.798. The molecule has 0 saturated heterocycles. The van der Waals surface area contributed by atoms with Gasteiger partial charge < -0.3 is 19.5 Å². The summed E-state index contributed by atoms with van der Waals surface area (Å²) in [6.45, 7) is 9.88. The first-order valence-electron chi connectivity index (χ1n) is 13.7. The van der Waals surface area contributed by atoms with Crippen LogP contribution in [0.3, 0.4) is 0 Å². The molecule has 0 aliphatic heterocycles. The minimum atomic E-state index is -4.19. The van der Waals surface area contributed by atoms with Gasteiger partial charge in [0.25, 0.3) is 15.9 Å². The van der Waals surface area contributed by atoms with E-state index in [2.05, 4.69) is 36.6 Å². The molecule has 2 aromatic carbocycles. The van der Waals surface area contributed by atoms with E-state index in [9.17, 15) is 13.2 Å². The summed E-state index contributed by atoms with van der Waals surface area (Å²) in [7, 11) is -2.72. The maximum Gasteiger partial charge on any atom is 0.263 e. The van der Waals surface area contributed by atoms with E-state index in [1.807, 2.05) is 20.8 Å². The SMILES string of the molecule is C=CCNC(=O)CCOc1nc(-c2ncccn2)nc(NS(=O)(=O)c2ccc(C(C)(C)C)cc2)c1Oc1ccccc1OC. The van der Waals surface area contributed by atoms with Crippen molar-refractivity contribution in [3.8, 4) is 34.8 Å². The van der Waals surface area contributed by atoms with Crippen molar-refractivity contribution in [2.45, 2.75) is 37.5 Å². The summed E-state index contributed by atoms with van der Waals surface area (Å²) in [5.74, 6) is -0.141. The molecule has 12 nitrogen and oxygen atoms in total. The van der Waals surface area contributed by atoms with Crippen LogP contribution < -0.4 is 24.2 Å². The van der Waals surface area contributed by atoms with E-state index in [4.69, 9.17) is 14.2 Å². The smallest absolute Gasteiger partial charge is 0.263 e. The van der Waals surface area contributed by atoms with Crippen molar-refractivity contribution in [2.24, 2.45) is 0 Å². The molecule has 0 aliphatic rings. The molecule has 0 fully saturated rings. The summed E-state index contributed by atoms with van der Waals surface area (Å²) in [5, 5.41) is 2.67. The third-order valence-corrected chi connectivity index (χ3v) is 7.51. The average molecular weight is 619 g/mol. The lowest BCUT2D eigenvalue weighted by molar-refractivity contribution is -0.121. The van der Waals surface area contributed by atoms with Gasteiger partial charge in [-0.05, 0) is 41.3 Å². The molecule has 1 amide bonds. The molecular weight excluding hydrogens is 584 g/mol. The molecule has 4 aromatic rings. The van der Waals surface area contributed by atoms with Crippen LogP contribution in [-0.4, -0.2) is 54.5 Å². The number of benzene rings is 2. The van der Waals surface area contributed by atoms with Crippen molar-refractivity contribution in [2.75, 3.05) is 25.0 Å². The normalized spacial score (nSPS) is 11.4. The summed E-state index contributed by atoms with van der Waals surface area (Å²) >= 11 is 0. The quantitative estimate of drug-likeness (QED) is 0.198. The van der Waals surface area contributed by atoms with Gasteiger partial charge in [0.1, 0.15) is 0 Å². The van der Waals surface area contributed by atoms with Crippen LogP contribution in [0.25, 0.3) is 11.6 Å². The van der Waals surface area contributed by atoms with Crippen LogP contribution in [0.15, 0.2) is 84.5 Å². The fourth-order valence-corrected chi connectivity index (χ4v) is 4.86. The molecule has 0 spiro atoms. The fraction of sp³-hybridized carbons (Fsp3) is 0.258. The molecule has 0 saturated carbocycles. The van der Waals surface area contributed by atoms with Gasteiger partial charge in [0.05, 0.1) is 25.0 Å². The maximum atomic E-state index is 13.7. The number of ether oxygens (including phenoxy) is 3. The minimum absolute atomic E-state index is 0.00576. The van der Waals surface area contributed by atoms with Crippen LogP contribution in [-0.2, 0) is 20.2 Å². The van der Waals surface area contributed by atoms with Crippen LogP contribution in [0, 0.1) is 0 Å². The number of carbonyl (C=O) groups excluding carboxylic acids is 1. The zero-order chi connectivity index (χ0) is 31.7. The van der Waals surface area contributed by atoms with Crippen LogP contribution in [0.4, 0.5) is 5.82 Å². The second-order valence-corrected chi connectivity index (χ2v) is 12.1. The Hall–Kier alpha value is -5.04. The number of anilines is 1. The number of rotatable bonds is 13. The highest BCUT2D eigenvalue weighted by Gasteiger charge is 2.26. The van der Waals surface area contributed by atoms with Crippen molar-refractivity contribution >= 4 is 21.7 Å². The van der Waals surface area contributed by atoms with Crippen LogP contribution in [0.2, 0.25) is 0 Å². The lowest BCUT2D eigenvalue weighted by atomic mass is 9.87. The lowest BCUT2D eigenvalue weighted by Crippen LogP contribution is -2.25. The number of nitrogens with zero attached hydrogens (tertiary/aromatic N) is 4. The number of aromatic nitrogens is 4. The Morgan fingerprint density at radius 3 is 2.27 bits per heavy atom. The molecule has 44 heavy (non-hydrogen) atoms. The molecule has 0 bridgehead atoms. The molecule has 4 rings (SSSR count). The molecule has 13 heteroatoms. The molecule has 2 aromatic heterocycles. The van der Waals surface area contributed by atoms with E-state index in [0.717, 1.165) is 5.56 Å². The highest BCUT2D eigenvalue weighted by Crippen LogP contribution is 2.41. The van der Waals surface area contributed by atoms with Crippen molar-refractivity contribution < 1.29 is 27.4 Å². The number of sulfonamides is 1. The molecule has 2 N–H and O–H groups in total. The highest BCUT2D eigenvalue weighted by molar-refractivity contribution is 7.92. The summed E-state index contributed by atoms with van der Waals surface area (Å²) in [6.07, 6.45) is 4.53. The van der Waals surface area contributed by atoms with Crippen molar-refractivity contribution in [3.05, 3.63) is 85.2 Å². The summed E-state index contributed by atoms with van der Waals surface area (Å²) < 4.78 is 47.4. The van der Waals surface area contributed by atoms with Crippen molar-refractivity contribution in [1.29, 1.82) is 0 Å². The first kappa shape index (κ1) is 31.9. The first-order valence-corrected chi connectivity index (χ1v) is 15.1. The van der Waals surface area contributed by atoms with E-state index in [-0.39, 0.29) is 64.1 Å². The monoisotopic (exact) mass is 618 g/mol. The number of methoxy groups -OCH3 is 1. The number of hydrogen-bond donors (Lipinski definition) is 2. The Balaban J connectivity index is 1.81. The van der Waals surface area contributed by atoms with Gasteiger partial charge in [-0.2, -0.15) is 4.98 Å². The molecule has 230 valence electrons. The molecular formula is C31H34N6O6S. The van der Waals surface area contributed by atoms with E-state index in [1.54, 1.807) is 48.5 Å². The van der Waals surface area contributed by atoms with Gasteiger partial charge in [-0.25, -0.2) is 23.4 Å². The molecule has 0 radical (unpaired) electrons. The summed E-state index contributed by atoms with van der Waals surface area (Å²) in [4.78, 5) is 29.5. The number of carbonyl (C=O) groups is 1. The second kappa shape index (κ2) is 14.0. The van der Waals surface area contributed by atoms with Crippen molar-refractivity contribution in [1.82, 2.24) is 25.3 Å². The van der Waals surface area contributed by atoms with E-state index < -0.39 is 10.0 Å². The molecule has 0 atom stereocenters. The predicted molar refractivity (Wildman–Crippen MR) is 165 cm³/mol. The molecule has 2 heterocycles. The van der Waals surface area contributed by atoms with Crippen LogP contribution in [0.5, 0.6) is 23.1 Å². The average Bonchev–Trinajstić information content (AvgIpc) is 3.01. The number of para-hydroxylation sites is 2. The standard InChI is InChI=1S/C31H34N6O6S/c1-6-17-32-25(38)16-20-42-30-26(43-24-11-8-7-10-23(24)41-5)27(35-29(36-30)28-33-18-9-19-34-28)37-44(39,40)22-14-12-21(13-15-22)31(2,3)4/h6-15,18-19H,1,16-17,20H2,2-5H3,(H,32,38)(H,35,36,37). The van der Waals surface area contributed by atoms with E-state index >= 15 is 0 Å². The third kappa shape index (κ3) is 8.07. The molecule has 0 unspecified atom stereocenters. The first-order chi connectivity index (χ1) is 21.0. The minimum Gasteiger partial charge on any atom is -0.493 e. The van der Waals surface area contributed by atoms with E-state index in [1.165, 1.54) is 31.6 Å². The largest absolute Gasteiger partial charge is 0.493 e. The molecule has 0 aliphatic carbocycles. The lowest BCUT2D eigenvalue weighted by Gasteiger charge is -2.20. The maximum absolute atomic E-state index is 13.7. The van der Waals surface area contributed by atoms with Crippen molar-refractivity contribution in [3.63, 3.8) is 0 Å². The predicted octanol–water partition coefficient (Wildman–Crippen LogP) is 4.90. The zero-order valence-electron chi connectivity index (χ0n) is 24.9. The van der Waals surface area contributed by atoms with Gasteiger partial charge in [0, 0.05) is 18.9 Å². The number of amides is 1.